The predicted octanol–water partition coefficient (Wildman–Crippen LogP) is 5.59. The third-order valence-corrected chi connectivity index (χ3v) is 8.24. The van der Waals surface area contributed by atoms with E-state index in [2.05, 4.69) is 26.8 Å². The van der Waals surface area contributed by atoms with Gasteiger partial charge in [-0.2, -0.15) is 0 Å². The van der Waals surface area contributed by atoms with Crippen LogP contribution in [0.1, 0.15) is 34.8 Å². The number of hydrazine groups is 1. The maximum atomic E-state index is 14.4. The van der Waals surface area contributed by atoms with Crippen molar-refractivity contribution in [2.75, 3.05) is 34.0 Å². The number of carbonyl (C=O) groups is 1. The summed E-state index contributed by atoms with van der Waals surface area (Å²) < 4.78 is 24.0. The Balaban J connectivity index is 1.47. The zero-order valence-corrected chi connectivity index (χ0v) is 27.5. The second-order valence-electron chi connectivity index (χ2n) is 10.8. The number of amides is 1. The molecule has 3 N–H and O–H groups in total. The fourth-order valence-corrected chi connectivity index (χ4v) is 5.51. The van der Waals surface area contributed by atoms with E-state index < -0.39 is 11.6 Å². The molecule has 4 aromatic carbocycles. The van der Waals surface area contributed by atoms with Crippen molar-refractivity contribution in [3.63, 3.8) is 0 Å². The molecule has 1 amide bonds. The summed E-state index contributed by atoms with van der Waals surface area (Å²) in [5.41, 5.74) is 8.20. The largest absolute Gasteiger partial charge is 0.497 e. The van der Waals surface area contributed by atoms with E-state index in [4.69, 9.17) is 29.0 Å². The van der Waals surface area contributed by atoms with Crippen LogP contribution in [-0.2, 0) is 22.4 Å². The number of aliphatic imine (C=N–C) groups is 1. The molecular weight excluding hydrogens is 650 g/mol. The Morgan fingerprint density at radius 3 is 2.30 bits per heavy atom. The second-order valence-corrected chi connectivity index (χ2v) is 11.8. The number of benzene rings is 4. The molecular formula is C36H38BrN3O6. The third kappa shape index (κ3) is 8.06. The van der Waals surface area contributed by atoms with E-state index >= 15 is 0 Å². The quantitative estimate of drug-likeness (QED) is 0.110. The van der Waals surface area contributed by atoms with Crippen LogP contribution in [0.4, 0.5) is 0 Å². The summed E-state index contributed by atoms with van der Waals surface area (Å²) in [5.74, 6) is 2.13. The second kappa shape index (κ2) is 15.8. The zero-order chi connectivity index (χ0) is 32.4. The topological polar surface area (TPSA) is 111 Å². The minimum atomic E-state index is -1.36. The molecule has 240 valence electrons. The molecule has 0 spiro atoms. The molecule has 1 heterocycles. The van der Waals surface area contributed by atoms with E-state index in [-0.39, 0.29) is 18.9 Å². The molecule has 10 heteroatoms. The molecule has 1 aliphatic rings. The Morgan fingerprint density at radius 2 is 1.61 bits per heavy atom. The molecule has 4 aromatic rings. The van der Waals surface area contributed by atoms with Gasteiger partial charge in [0.1, 0.15) is 17.2 Å². The Hall–Kier alpha value is -4.38. The average Bonchev–Trinajstić information content (AvgIpc) is 3.48. The number of hydrogen-bond acceptors (Lipinski definition) is 8. The normalized spacial score (nSPS) is 17.1. The van der Waals surface area contributed by atoms with Gasteiger partial charge in [0.2, 0.25) is 5.90 Å². The van der Waals surface area contributed by atoms with Gasteiger partial charge in [0.15, 0.2) is 11.6 Å². The predicted molar refractivity (Wildman–Crippen MR) is 180 cm³/mol. The molecule has 2 atom stereocenters. The van der Waals surface area contributed by atoms with Crippen molar-refractivity contribution in [2.45, 2.75) is 30.9 Å². The maximum Gasteiger partial charge on any atom is 0.266 e. The van der Waals surface area contributed by atoms with Crippen molar-refractivity contribution >= 4 is 27.7 Å². The highest BCUT2D eigenvalue weighted by atomic mass is 79.9. The van der Waals surface area contributed by atoms with Crippen molar-refractivity contribution in [3.8, 4) is 17.2 Å². The first-order valence-electron chi connectivity index (χ1n) is 15.1. The third-order valence-electron chi connectivity index (χ3n) is 7.71. The van der Waals surface area contributed by atoms with Crippen LogP contribution >= 0.6 is 15.9 Å². The number of methoxy groups -OCH3 is 2. The van der Waals surface area contributed by atoms with E-state index in [1.165, 1.54) is 0 Å². The number of aliphatic hydroxyl groups is 1. The van der Waals surface area contributed by atoms with Gasteiger partial charge < -0.3 is 24.1 Å². The van der Waals surface area contributed by atoms with Gasteiger partial charge in [0.05, 0.1) is 20.8 Å². The summed E-state index contributed by atoms with van der Waals surface area (Å²) in [5, 5.41) is 9.07. The lowest BCUT2D eigenvalue weighted by atomic mass is 9.82. The first-order chi connectivity index (χ1) is 22.4. The molecule has 0 saturated carbocycles. The number of aliphatic hydroxyl groups excluding tert-OH is 1. The van der Waals surface area contributed by atoms with Crippen LogP contribution in [0.2, 0.25) is 0 Å². The number of halogens is 1. The Kier molecular flexibility index (Phi) is 11.3. The number of rotatable bonds is 15. The summed E-state index contributed by atoms with van der Waals surface area (Å²) in [6, 6.07) is 30.6. The molecule has 0 radical (unpaired) electrons. The van der Waals surface area contributed by atoms with Gasteiger partial charge in [-0.05, 0) is 83.8 Å². The molecule has 0 saturated heterocycles. The molecule has 0 bridgehead atoms. The molecule has 9 nitrogen and oxygen atoms in total. The van der Waals surface area contributed by atoms with Gasteiger partial charge in [-0.1, -0.05) is 52.3 Å². The van der Waals surface area contributed by atoms with E-state index in [1.54, 1.807) is 14.2 Å². The summed E-state index contributed by atoms with van der Waals surface area (Å²) in [6.07, 6.45) is 0.757. The molecule has 0 fully saturated rings. The molecule has 1 aliphatic heterocycles. The average molecular weight is 689 g/mol. The highest BCUT2D eigenvalue weighted by molar-refractivity contribution is 9.10. The van der Waals surface area contributed by atoms with Crippen LogP contribution in [0.15, 0.2) is 107 Å². The number of ether oxygens (including phenoxy) is 4. The van der Waals surface area contributed by atoms with Crippen molar-refractivity contribution in [3.05, 3.63) is 124 Å². The lowest BCUT2D eigenvalue weighted by Gasteiger charge is -2.31. The SMILES string of the molecule is COc1ccc(CCNNC(=O)[C@@]2(Cc3ccc(Br)cc3)N=C(c3ccc(OCCCO)cc3)O[C@H]2c2cccc(OC)c2)cc1. The lowest BCUT2D eigenvalue weighted by Crippen LogP contribution is -2.54. The van der Waals surface area contributed by atoms with E-state index in [0.717, 1.165) is 26.9 Å². The van der Waals surface area contributed by atoms with Crippen molar-refractivity contribution < 1.29 is 28.8 Å². The van der Waals surface area contributed by atoms with E-state index in [0.29, 0.717) is 49.0 Å². The molecule has 0 aliphatic carbocycles. The smallest absolute Gasteiger partial charge is 0.266 e. The summed E-state index contributed by atoms with van der Waals surface area (Å²) in [7, 11) is 3.25. The summed E-state index contributed by atoms with van der Waals surface area (Å²) in [4.78, 5) is 19.5. The monoisotopic (exact) mass is 687 g/mol. The van der Waals surface area contributed by atoms with Gasteiger partial charge in [0, 0.05) is 36.0 Å². The standard InChI is InChI=1S/C36H38BrN3O6/c1-43-30-15-9-25(10-16-30)19-20-38-40-35(42)36(24-26-7-13-29(37)14-8-26)33(28-5-3-6-32(23-28)44-2)46-34(39-36)27-11-17-31(18-12-27)45-22-4-21-41/h3,5-18,23,33,38,41H,4,19-22,24H2,1-2H3,(H,40,42)/t33-,36-/m0/s1. The highest BCUT2D eigenvalue weighted by Gasteiger charge is 2.53. The van der Waals surface area contributed by atoms with Crippen LogP contribution in [0.3, 0.4) is 0 Å². The van der Waals surface area contributed by atoms with Crippen molar-refractivity contribution in [1.29, 1.82) is 0 Å². The fourth-order valence-electron chi connectivity index (χ4n) is 5.25. The van der Waals surface area contributed by atoms with Gasteiger partial charge in [-0.3, -0.25) is 10.2 Å². The number of nitrogens with one attached hydrogen (secondary N) is 2. The summed E-state index contributed by atoms with van der Waals surface area (Å²) in [6.45, 7) is 0.978. The maximum absolute atomic E-state index is 14.4. The Labute approximate surface area is 277 Å². The number of hydrogen-bond donors (Lipinski definition) is 3. The zero-order valence-electron chi connectivity index (χ0n) is 25.9. The highest BCUT2D eigenvalue weighted by Crippen LogP contribution is 2.43. The minimum Gasteiger partial charge on any atom is -0.497 e. The van der Waals surface area contributed by atoms with Gasteiger partial charge in [-0.25, -0.2) is 10.4 Å². The summed E-state index contributed by atoms with van der Waals surface area (Å²) >= 11 is 3.51. The van der Waals surface area contributed by atoms with E-state index in [9.17, 15) is 4.79 Å². The molecule has 46 heavy (non-hydrogen) atoms. The molecule has 0 aromatic heterocycles. The van der Waals surface area contributed by atoms with Crippen molar-refractivity contribution in [1.82, 2.24) is 10.9 Å². The first kappa shape index (κ1) is 33.0. The first-order valence-corrected chi connectivity index (χ1v) is 15.9. The molecule has 0 unspecified atom stereocenters. The molecule has 5 rings (SSSR count). The Bertz CT molecular complexity index is 1610. The van der Waals surface area contributed by atoms with Gasteiger partial charge >= 0.3 is 0 Å². The van der Waals surface area contributed by atoms with Crippen LogP contribution in [0.5, 0.6) is 17.2 Å². The van der Waals surface area contributed by atoms with Crippen LogP contribution in [0.25, 0.3) is 0 Å². The van der Waals surface area contributed by atoms with Gasteiger partial charge in [0.25, 0.3) is 5.91 Å². The lowest BCUT2D eigenvalue weighted by molar-refractivity contribution is -0.130. The Morgan fingerprint density at radius 1 is 0.913 bits per heavy atom. The minimum absolute atomic E-state index is 0.0627. The van der Waals surface area contributed by atoms with E-state index in [1.807, 2.05) is 97.1 Å². The fraction of sp³-hybridized carbons (Fsp3) is 0.278. The van der Waals surface area contributed by atoms with Crippen LogP contribution < -0.4 is 25.1 Å². The van der Waals surface area contributed by atoms with Crippen molar-refractivity contribution in [2.24, 2.45) is 4.99 Å². The van der Waals surface area contributed by atoms with Crippen LogP contribution in [0, 0.1) is 0 Å². The number of carbonyl (C=O) groups excluding carboxylic acids is 1. The van der Waals surface area contributed by atoms with Crippen LogP contribution in [-0.4, -0.2) is 56.4 Å². The van der Waals surface area contributed by atoms with Gasteiger partial charge in [-0.15, -0.1) is 0 Å². The number of nitrogens with zero attached hydrogens (tertiary/aromatic N) is 1.